The normalized spacial score (nSPS) is 10.8. The van der Waals surface area contributed by atoms with Gasteiger partial charge in [0.2, 0.25) is 5.82 Å². The van der Waals surface area contributed by atoms with Crippen LogP contribution < -0.4 is 0 Å². The molecule has 8 heteroatoms. The highest BCUT2D eigenvalue weighted by atomic mass is 16.5. The largest absolute Gasteiger partial charge is 0.453 e. The molecule has 0 atom stereocenters. The van der Waals surface area contributed by atoms with E-state index in [0.717, 1.165) is 11.3 Å². The Morgan fingerprint density at radius 2 is 1.79 bits per heavy atom. The standard InChI is InChI=1S/C20H29N5O3/c1-14(2)16-10-7-8-11-17(16)25-15(3)21-18(22-25)19(26)23(4)12-9-13-24(5)20(27)28-6/h7-8,10-11,14H,9,12-13H2,1-6H3. The number of nitrogens with zero attached hydrogens (tertiary/aromatic N) is 5. The van der Waals surface area contributed by atoms with E-state index in [1.165, 1.54) is 12.0 Å². The van der Waals surface area contributed by atoms with Crippen molar-refractivity contribution in [3.05, 3.63) is 41.5 Å². The van der Waals surface area contributed by atoms with E-state index in [4.69, 9.17) is 0 Å². The maximum absolute atomic E-state index is 12.7. The zero-order chi connectivity index (χ0) is 20.8. The second-order valence-electron chi connectivity index (χ2n) is 7.08. The van der Waals surface area contributed by atoms with E-state index in [1.54, 1.807) is 23.7 Å². The van der Waals surface area contributed by atoms with E-state index in [9.17, 15) is 9.59 Å². The summed E-state index contributed by atoms with van der Waals surface area (Å²) in [6, 6.07) is 7.99. The van der Waals surface area contributed by atoms with Crippen LogP contribution in [0.1, 0.15) is 48.2 Å². The number of amides is 2. The minimum absolute atomic E-state index is 0.167. The van der Waals surface area contributed by atoms with Gasteiger partial charge in [0.15, 0.2) is 0 Å². The molecule has 0 aliphatic heterocycles. The van der Waals surface area contributed by atoms with Crippen LogP contribution in [-0.2, 0) is 4.74 Å². The fourth-order valence-electron chi connectivity index (χ4n) is 2.94. The predicted octanol–water partition coefficient (Wildman–Crippen LogP) is 2.86. The van der Waals surface area contributed by atoms with Crippen LogP contribution >= 0.6 is 0 Å². The SMILES string of the molecule is COC(=O)N(C)CCCN(C)C(=O)c1nc(C)n(-c2ccccc2C(C)C)n1. The zero-order valence-electron chi connectivity index (χ0n) is 17.5. The first-order chi connectivity index (χ1) is 13.3. The molecule has 8 nitrogen and oxygen atoms in total. The number of aryl methyl sites for hydroxylation is 1. The molecule has 0 aliphatic carbocycles. The van der Waals surface area contributed by atoms with E-state index < -0.39 is 6.09 Å². The molecule has 0 saturated carbocycles. The molecule has 2 rings (SSSR count). The van der Waals surface area contributed by atoms with E-state index in [0.29, 0.717) is 31.3 Å². The van der Waals surface area contributed by atoms with Gasteiger partial charge in [0.25, 0.3) is 5.91 Å². The molecule has 1 heterocycles. The van der Waals surface area contributed by atoms with Crippen molar-refractivity contribution in [2.24, 2.45) is 0 Å². The number of carbonyl (C=O) groups is 2. The van der Waals surface area contributed by atoms with Crippen molar-refractivity contribution in [3.63, 3.8) is 0 Å². The van der Waals surface area contributed by atoms with Gasteiger partial charge in [0.05, 0.1) is 12.8 Å². The second-order valence-corrected chi connectivity index (χ2v) is 7.08. The molecule has 0 saturated heterocycles. The fourth-order valence-corrected chi connectivity index (χ4v) is 2.94. The minimum atomic E-state index is -0.395. The van der Waals surface area contributed by atoms with E-state index in [1.807, 2.05) is 25.1 Å². The highest BCUT2D eigenvalue weighted by molar-refractivity contribution is 5.90. The first kappa shape index (κ1) is 21.4. The molecule has 0 spiro atoms. The van der Waals surface area contributed by atoms with Crippen molar-refractivity contribution in [2.45, 2.75) is 33.1 Å². The Balaban J connectivity index is 2.10. The molecule has 0 fully saturated rings. The van der Waals surface area contributed by atoms with Gasteiger partial charge in [-0.25, -0.2) is 14.5 Å². The third kappa shape index (κ3) is 4.88. The molecule has 0 aliphatic rings. The van der Waals surface area contributed by atoms with Crippen molar-refractivity contribution in [1.82, 2.24) is 24.6 Å². The number of ether oxygens (including phenoxy) is 1. The Morgan fingerprint density at radius 1 is 1.14 bits per heavy atom. The van der Waals surface area contributed by atoms with Crippen LogP contribution in [-0.4, -0.2) is 70.9 Å². The molecule has 0 unspecified atom stereocenters. The van der Waals surface area contributed by atoms with Gasteiger partial charge in [-0.15, -0.1) is 5.10 Å². The van der Waals surface area contributed by atoms with Crippen LogP contribution in [0, 0.1) is 6.92 Å². The first-order valence-electron chi connectivity index (χ1n) is 9.33. The summed E-state index contributed by atoms with van der Waals surface area (Å²) in [7, 11) is 4.71. The van der Waals surface area contributed by atoms with Crippen LogP contribution in [0.5, 0.6) is 0 Å². The third-order valence-corrected chi connectivity index (χ3v) is 4.57. The fraction of sp³-hybridized carbons (Fsp3) is 0.500. The third-order valence-electron chi connectivity index (χ3n) is 4.57. The van der Waals surface area contributed by atoms with E-state index >= 15 is 0 Å². The van der Waals surface area contributed by atoms with Crippen LogP contribution in [0.2, 0.25) is 0 Å². The summed E-state index contributed by atoms with van der Waals surface area (Å²) >= 11 is 0. The average Bonchev–Trinajstić information content (AvgIpc) is 3.07. The maximum Gasteiger partial charge on any atom is 0.409 e. The summed E-state index contributed by atoms with van der Waals surface area (Å²) in [6.07, 6.45) is 0.234. The lowest BCUT2D eigenvalue weighted by Gasteiger charge is -2.19. The number of para-hydroxylation sites is 1. The average molecular weight is 387 g/mol. The number of methoxy groups -OCH3 is 1. The second kappa shape index (κ2) is 9.34. The molecule has 0 radical (unpaired) electrons. The van der Waals surface area contributed by atoms with Crippen LogP contribution in [0.3, 0.4) is 0 Å². The number of hydrogen-bond donors (Lipinski definition) is 0. The van der Waals surface area contributed by atoms with Gasteiger partial charge >= 0.3 is 6.09 Å². The Hall–Kier alpha value is -2.90. The molecular formula is C20H29N5O3. The van der Waals surface area contributed by atoms with Gasteiger partial charge in [-0.3, -0.25) is 4.79 Å². The molecule has 2 amide bonds. The number of hydrogen-bond acceptors (Lipinski definition) is 5. The van der Waals surface area contributed by atoms with Gasteiger partial charge in [-0.2, -0.15) is 0 Å². The van der Waals surface area contributed by atoms with Crippen molar-refractivity contribution in [3.8, 4) is 5.69 Å². The molecule has 0 N–H and O–H groups in total. The van der Waals surface area contributed by atoms with Gasteiger partial charge in [-0.1, -0.05) is 32.0 Å². The van der Waals surface area contributed by atoms with Crippen LogP contribution in [0.4, 0.5) is 4.79 Å². The van der Waals surface area contributed by atoms with Gasteiger partial charge in [-0.05, 0) is 30.9 Å². The van der Waals surface area contributed by atoms with Crippen molar-refractivity contribution < 1.29 is 14.3 Å². The van der Waals surface area contributed by atoms with Crippen molar-refractivity contribution in [1.29, 1.82) is 0 Å². The Morgan fingerprint density at radius 3 is 2.43 bits per heavy atom. The van der Waals surface area contributed by atoms with Gasteiger partial charge in [0, 0.05) is 27.2 Å². The van der Waals surface area contributed by atoms with Crippen LogP contribution in [0.15, 0.2) is 24.3 Å². The molecular weight excluding hydrogens is 358 g/mol. The molecule has 1 aromatic carbocycles. The predicted molar refractivity (Wildman–Crippen MR) is 107 cm³/mol. The Labute approximate surface area is 166 Å². The molecule has 0 bridgehead atoms. The number of benzene rings is 1. The Bertz CT molecular complexity index is 831. The quantitative estimate of drug-likeness (QED) is 0.730. The van der Waals surface area contributed by atoms with Gasteiger partial charge < -0.3 is 14.5 Å². The van der Waals surface area contributed by atoms with Crippen LogP contribution in [0.25, 0.3) is 5.69 Å². The lowest BCUT2D eigenvalue weighted by atomic mass is 10.0. The number of aromatic nitrogens is 3. The van der Waals surface area contributed by atoms with Gasteiger partial charge in [0.1, 0.15) is 5.82 Å². The Kier molecular flexibility index (Phi) is 7.14. The summed E-state index contributed by atoms with van der Waals surface area (Å²) in [4.78, 5) is 31.5. The summed E-state index contributed by atoms with van der Waals surface area (Å²) < 4.78 is 6.38. The van der Waals surface area contributed by atoms with Crippen molar-refractivity contribution >= 4 is 12.0 Å². The molecule has 152 valence electrons. The minimum Gasteiger partial charge on any atom is -0.453 e. The molecule has 2 aromatic rings. The summed E-state index contributed by atoms with van der Waals surface area (Å²) in [5, 5.41) is 4.46. The highest BCUT2D eigenvalue weighted by Gasteiger charge is 2.20. The van der Waals surface area contributed by atoms with E-state index in [-0.39, 0.29) is 11.7 Å². The lowest BCUT2D eigenvalue weighted by molar-refractivity contribution is 0.0777. The highest BCUT2D eigenvalue weighted by Crippen LogP contribution is 2.23. The molecule has 28 heavy (non-hydrogen) atoms. The molecule has 1 aromatic heterocycles. The van der Waals surface area contributed by atoms with E-state index in [2.05, 4.69) is 34.7 Å². The number of rotatable bonds is 7. The summed E-state index contributed by atoms with van der Waals surface area (Å²) in [5.74, 6) is 0.910. The van der Waals surface area contributed by atoms with Crippen molar-refractivity contribution in [2.75, 3.05) is 34.3 Å². The topological polar surface area (TPSA) is 80.6 Å². The zero-order valence-corrected chi connectivity index (χ0v) is 17.5. The summed E-state index contributed by atoms with van der Waals surface area (Å²) in [5.41, 5.74) is 2.08. The summed E-state index contributed by atoms with van der Waals surface area (Å²) in [6.45, 7) is 7.06. The maximum atomic E-state index is 12.7. The monoisotopic (exact) mass is 387 g/mol. The lowest BCUT2D eigenvalue weighted by Crippen LogP contribution is -2.33. The number of carbonyl (C=O) groups excluding carboxylic acids is 2. The smallest absolute Gasteiger partial charge is 0.409 e. The first-order valence-corrected chi connectivity index (χ1v) is 9.33.